The first-order valence-electron chi connectivity index (χ1n) is 9.05. The smallest absolute Gasteiger partial charge is 0.261 e. The van der Waals surface area contributed by atoms with Crippen LogP contribution < -0.4 is 4.74 Å². The molecule has 1 atom stereocenters. The number of aromatic nitrogens is 1. The molecular formula is C21H22N2O2S. The van der Waals surface area contributed by atoms with Crippen LogP contribution in [0.2, 0.25) is 0 Å². The minimum atomic E-state index is 0.0366. The number of piperidine rings is 1. The van der Waals surface area contributed by atoms with E-state index in [1.165, 1.54) is 10.3 Å². The molecule has 1 saturated heterocycles. The maximum absolute atomic E-state index is 12.8. The van der Waals surface area contributed by atoms with Crippen LogP contribution in [-0.2, 0) is 4.79 Å². The summed E-state index contributed by atoms with van der Waals surface area (Å²) in [7, 11) is 0. The number of fused-ring (bicyclic) bond motifs is 1. The van der Waals surface area contributed by atoms with Gasteiger partial charge in [-0.2, -0.15) is 0 Å². The fraction of sp³-hybridized carbons (Fsp3) is 0.333. The summed E-state index contributed by atoms with van der Waals surface area (Å²) >= 11 is 1.70. The van der Waals surface area contributed by atoms with Gasteiger partial charge in [0.1, 0.15) is 10.8 Å². The molecule has 3 aromatic rings. The van der Waals surface area contributed by atoms with Crippen LogP contribution in [0.3, 0.4) is 0 Å². The van der Waals surface area contributed by atoms with E-state index in [9.17, 15) is 4.79 Å². The van der Waals surface area contributed by atoms with Crippen LogP contribution in [0.4, 0.5) is 0 Å². The van der Waals surface area contributed by atoms with E-state index in [4.69, 9.17) is 9.72 Å². The Labute approximate surface area is 157 Å². The highest BCUT2D eigenvalue weighted by Crippen LogP contribution is 2.35. The third kappa shape index (κ3) is 3.58. The van der Waals surface area contributed by atoms with Crippen molar-refractivity contribution in [2.24, 2.45) is 0 Å². The first-order chi connectivity index (χ1) is 12.7. The van der Waals surface area contributed by atoms with Crippen LogP contribution in [-0.4, -0.2) is 28.9 Å². The SMILES string of the molecule is Cc1ccc(OCC(=O)N2CCCC[C@H]2c2nc3ccccc3s2)cc1. The quantitative estimate of drug-likeness (QED) is 0.670. The normalized spacial score (nSPS) is 17.4. The van der Waals surface area contributed by atoms with Gasteiger partial charge in [0.2, 0.25) is 0 Å². The number of thiazole rings is 1. The Morgan fingerprint density at radius 2 is 2.00 bits per heavy atom. The molecule has 0 bridgehead atoms. The van der Waals surface area contributed by atoms with Gasteiger partial charge in [0.15, 0.2) is 6.61 Å². The fourth-order valence-electron chi connectivity index (χ4n) is 3.38. The monoisotopic (exact) mass is 366 g/mol. The van der Waals surface area contributed by atoms with Crippen LogP contribution in [0.1, 0.15) is 35.9 Å². The van der Waals surface area contributed by atoms with Crippen molar-refractivity contribution in [3.8, 4) is 5.75 Å². The number of rotatable bonds is 4. The molecule has 2 heterocycles. The number of nitrogens with zero attached hydrogens (tertiary/aromatic N) is 2. The second-order valence-electron chi connectivity index (χ2n) is 6.72. The molecular weight excluding hydrogens is 344 g/mol. The van der Waals surface area contributed by atoms with Crippen molar-refractivity contribution in [2.75, 3.05) is 13.2 Å². The third-order valence-electron chi connectivity index (χ3n) is 4.80. The van der Waals surface area contributed by atoms with Crippen molar-refractivity contribution in [3.63, 3.8) is 0 Å². The molecule has 0 aliphatic carbocycles. The molecule has 0 spiro atoms. The lowest BCUT2D eigenvalue weighted by molar-refractivity contribution is -0.137. The summed E-state index contributed by atoms with van der Waals surface area (Å²) in [5, 5.41) is 1.04. The maximum Gasteiger partial charge on any atom is 0.261 e. The summed E-state index contributed by atoms with van der Waals surface area (Å²) in [4.78, 5) is 19.5. The van der Waals surface area contributed by atoms with E-state index in [0.717, 1.165) is 42.1 Å². The van der Waals surface area contributed by atoms with Gasteiger partial charge in [-0.1, -0.05) is 29.8 Å². The lowest BCUT2D eigenvalue weighted by Crippen LogP contribution is -2.41. The van der Waals surface area contributed by atoms with Crippen LogP contribution in [0, 0.1) is 6.92 Å². The van der Waals surface area contributed by atoms with Gasteiger partial charge in [0, 0.05) is 6.54 Å². The van der Waals surface area contributed by atoms with Crippen molar-refractivity contribution in [3.05, 3.63) is 59.1 Å². The first kappa shape index (κ1) is 17.0. The molecule has 134 valence electrons. The van der Waals surface area contributed by atoms with Gasteiger partial charge in [-0.15, -0.1) is 11.3 Å². The molecule has 5 heteroatoms. The minimum absolute atomic E-state index is 0.0366. The van der Waals surface area contributed by atoms with E-state index >= 15 is 0 Å². The standard InChI is InChI=1S/C21H22N2O2S/c1-15-9-11-16(12-10-15)25-14-20(24)23-13-5-4-7-18(23)21-22-17-6-2-3-8-19(17)26-21/h2-3,6,8-12,18H,4-5,7,13-14H2,1H3/t18-/m0/s1. The lowest BCUT2D eigenvalue weighted by atomic mass is 10.0. The van der Waals surface area contributed by atoms with Gasteiger partial charge >= 0.3 is 0 Å². The summed E-state index contributed by atoms with van der Waals surface area (Å²) in [6, 6.07) is 16.0. The fourth-order valence-corrected chi connectivity index (χ4v) is 4.50. The van der Waals surface area contributed by atoms with Gasteiger partial charge in [-0.05, 0) is 50.5 Å². The number of carbonyl (C=O) groups excluding carboxylic acids is 1. The average Bonchev–Trinajstić information content (AvgIpc) is 3.11. The molecule has 4 nitrogen and oxygen atoms in total. The number of carbonyl (C=O) groups is 1. The van der Waals surface area contributed by atoms with Crippen molar-refractivity contribution in [1.82, 2.24) is 9.88 Å². The van der Waals surface area contributed by atoms with Crippen molar-refractivity contribution in [1.29, 1.82) is 0 Å². The predicted octanol–water partition coefficient (Wildman–Crippen LogP) is 4.74. The number of benzene rings is 2. The van der Waals surface area contributed by atoms with E-state index < -0.39 is 0 Å². The molecule has 1 fully saturated rings. The topological polar surface area (TPSA) is 42.4 Å². The Bertz CT molecular complexity index is 871. The zero-order valence-corrected chi connectivity index (χ0v) is 15.7. The van der Waals surface area contributed by atoms with Gasteiger partial charge in [0.05, 0.1) is 16.3 Å². The number of hydrogen-bond acceptors (Lipinski definition) is 4. The Morgan fingerprint density at radius 1 is 1.19 bits per heavy atom. The van der Waals surface area contributed by atoms with E-state index in [-0.39, 0.29) is 18.6 Å². The molecule has 0 saturated carbocycles. The minimum Gasteiger partial charge on any atom is -0.484 e. The van der Waals surface area contributed by atoms with Crippen molar-refractivity contribution < 1.29 is 9.53 Å². The van der Waals surface area contributed by atoms with Gasteiger partial charge in [0.25, 0.3) is 5.91 Å². The largest absolute Gasteiger partial charge is 0.484 e. The Morgan fingerprint density at radius 3 is 2.81 bits per heavy atom. The van der Waals surface area contributed by atoms with Gasteiger partial charge in [-0.3, -0.25) is 4.79 Å². The van der Waals surface area contributed by atoms with Crippen LogP contribution in [0.5, 0.6) is 5.75 Å². The number of amides is 1. The van der Waals surface area contributed by atoms with Gasteiger partial charge < -0.3 is 9.64 Å². The molecule has 1 aromatic heterocycles. The molecule has 1 aliphatic heterocycles. The number of hydrogen-bond donors (Lipinski definition) is 0. The third-order valence-corrected chi connectivity index (χ3v) is 5.94. The molecule has 0 N–H and O–H groups in total. The number of aryl methyl sites for hydroxylation is 1. The number of ether oxygens (including phenoxy) is 1. The van der Waals surface area contributed by atoms with E-state index in [1.807, 2.05) is 54.3 Å². The lowest BCUT2D eigenvalue weighted by Gasteiger charge is -2.34. The molecule has 2 aromatic carbocycles. The highest BCUT2D eigenvalue weighted by molar-refractivity contribution is 7.18. The molecule has 1 aliphatic rings. The highest BCUT2D eigenvalue weighted by Gasteiger charge is 2.30. The number of para-hydroxylation sites is 1. The Balaban J connectivity index is 1.49. The second kappa shape index (κ2) is 7.46. The van der Waals surface area contributed by atoms with E-state index in [2.05, 4.69) is 6.07 Å². The molecule has 26 heavy (non-hydrogen) atoms. The second-order valence-corrected chi connectivity index (χ2v) is 7.78. The zero-order valence-electron chi connectivity index (χ0n) is 14.9. The summed E-state index contributed by atoms with van der Waals surface area (Å²) in [6.45, 7) is 2.88. The molecule has 1 amide bonds. The average molecular weight is 366 g/mol. The predicted molar refractivity (Wildman–Crippen MR) is 105 cm³/mol. The van der Waals surface area contributed by atoms with Crippen molar-refractivity contribution in [2.45, 2.75) is 32.2 Å². The van der Waals surface area contributed by atoms with Crippen molar-refractivity contribution >= 4 is 27.5 Å². The van der Waals surface area contributed by atoms with Crippen LogP contribution in [0.15, 0.2) is 48.5 Å². The first-order valence-corrected chi connectivity index (χ1v) is 9.87. The molecule has 0 unspecified atom stereocenters. The molecule has 0 radical (unpaired) electrons. The molecule has 4 rings (SSSR count). The summed E-state index contributed by atoms with van der Waals surface area (Å²) < 4.78 is 6.89. The van der Waals surface area contributed by atoms with Crippen LogP contribution in [0.25, 0.3) is 10.2 Å². The Hall–Kier alpha value is -2.40. The zero-order chi connectivity index (χ0) is 17.9. The van der Waals surface area contributed by atoms with Crippen LogP contribution >= 0.6 is 11.3 Å². The summed E-state index contributed by atoms with van der Waals surface area (Å²) in [6.07, 6.45) is 3.14. The van der Waals surface area contributed by atoms with E-state index in [1.54, 1.807) is 11.3 Å². The van der Waals surface area contributed by atoms with Gasteiger partial charge in [-0.25, -0.2) is 4.98 Å². The number of likely N-dealkylation sites (tertiary alicyclic amines) is 1. The Kier molecular flexibility index (Phi) is 4.89. The maximum atomic E-state index is 12.8. The summed E-state index contributed by atoms with van der Waals surface area (Å²) in [5.74, 6) is 0.770. The van der Waals surface area contributed by atoms with E-state index in [0.29, 0.717) is 0 Å². The highest BCUT2D eigenvalue weighted by atomic mass is 32.1. The summed E-state index contributed by atoms with van der Waals surface area (Å²) in [5.41, 5.74) is 2.19.